The summed E-state index contributed by atoms with van der Waals surface area (Å²) >= 11 is 0. The number of ether oxygens (including phenoxy) is 3. The second-order valence-corrected chi connectivity index (χ2v) is 5.35. The number of aromatic nitrogens is 1. The van der Waals surface area contributed by atoms with Crippen LogP contribution >= 0.6 is 0 Å². The Morgan fingerprint density at radius 2 is 1.88 bits per heavy atom. The van der Waals surface area contributed by atoms with Crippen LogP contribution in [0.1, 0.15) is 17.4 Å². The Morgan fingerprint density at radius 3 is 2.68 bits per heavy atom. The van der Waals surface area contributed by atoms with Crippen LogP contribution in [-0.2, 0) is 4.74 Å². The van der Waals surface area contributed by atoms with Gasteiger partial charge in [0.15, 0.2) is 23.0 Å². The molecule has 0 aliphatic carbocycles. The van der Waals surface area contributed by atoms with Gasteiger partial charge in [-0.05, 0) is 37.3 Å². The van der Waals surface area contributed by atoms with E-state index in [2.05, 4.69) is 4.98 Å². The molecule has 0 spiro atoms. The Kier molecular flexibility index (Phi) is 3.85. The van der Waals surface area contributed by atoms with Crippen LogP contribution in [-0.4, -0.2) is 24.4 Å². The lowest BCUT2D eigenvalue weighted by atomic mass is 10.1. The smallest absolute Gasteiger partial charge is 0.361 e. The summed E-state index contributed by atoms with van der Waals surface area (Å²) in [5.74, 6) is 1.43. The number of hydrogen-bond donors (Lipinski definition) is 0. The van der Waals surface area contributed by atoms with Crippen molar-refractivity contribution in [3.63, 3.8) is 0 Å². The third kappa shape index (κ3) is 2.82. The number of rotatable bonds is 4. The molecule has 0 bridgehead atoms. The van der Waals surface area contributed by atoms with Crippen LogP contribution in [0.2, 0.25) is 0 Å². The van der Waals surface area contributed by atoms with Gasteiger partial charge in [0.1, 0.15) is 0 Å². The van der Waals surface area contributed by atoms with Crippen molar-refractivity contribution in [2.45, 2.75) is 6.92 Å². The number of carbonyl (C=O) groups excluding carboxylic acids is 1. The number of nitrogens with zero attached hydrogens (tertiary/aromatic N) is 1. The zero-order chi connectivity index (χ0) is 17.2. The fourth-order valence-corrected chi connectivity index (χ4v) is 2.60. The first-order valence-corrected chi connectivity index (χ1v) is 7.89. The fourth-order valence-electron chi connectivity index (χ4n) is 2.60. The molecular weight excluding hydrogens is 322 g/mol. The first kappa shape index (κ1) is 15.3. The summed E-state index contributed by atoms with van der Waals surface area (Å²) in [6.45, 7) is 2.18. The van der Waals surface area contributed by atoms with E-state index in [1.165, 1.54) is 0 Å². The maximum absolute atomic E-state index is 12.3. The van der Waals surface area contributed by atoms with Crippen molar-refractivity contribution in [3.05, 3.63) is 54.2 Å². The van der Waals surface area contributed by atoms with Gasteiger partial charge in [0, 0.05) is 11.1 Å². The zero-order valence-electron chi connectivity index (χ0n) is 13.5. The third-order valence-corrected chi connectivity index (χ3v) is 3.75. The van der Waals surface area contributed by atoms with Crippen molar-refractivity contribution in [3.8, 4) is 34.3 Å². The first-order chi connectivity index (χ1) is 12.3. The molecule has 25 heavy (non-hydrogen) atoms. The van der Waals surface area contributed by atoms with Gasteiger partial charge in [0.05, 0.1) is 6.61 Å². The second kappa shape index (κ2) is 6.32. The number of benzene rings is 2. The van der Waals surface area contributed by atoms with Gasteiger partial charge < -0.3 is 18.6 Å². The highest BCUT2D eigenvalue weighted by Crippen LogP contribution is 2.38. The van der Waals surface area contributed by atoms with Crippen molar-refractivity contribution in [1.29, 1.82) is 0 Å². The summed E-state index contributed by atoms with van der Waals surface area (Å²) in [6.07, 6.45) is 0. The fraction of sp³-hybridized carbons (Fsp3) is 0.158. The molecule has 4 rings (SSSR count). The molecule has 1 aliphatic rings. The van der Waals surface area contributed by atoms with Crippen LogP contribution in [0.5, 0.6) is 11.5 Å². The number of oxazole rings is 1. The number of carbonyl (C=O) groups is 1. The highest BCUT2D eigenvalue weighted by atomic mass is 16.7. The summed E-state index contributed by atoms with van der Waals surface area (Å²) in [5, 5.41) is 0. The first-order valence-electron chi connectivity index (χ1n) is 7.89. The van der Waals surface area contributed by atoms with Gasteiger partial charge in [0.25, 0.3) is 0 Å². The highest BCUT2D eigenvalue weighted by Gasteiger charge is 2.25. The average molecular weight is 337 g/mol. The van der Waals surface area contributed by atoms with Crippen LogP contribution in [0.4, 0.5) is 0 Å². The topological polar surface area (TPSA) is 70.8 Å². The largest absolute Gasteiger partial charge is 0.461 e. The van der Waals surface area contributed by atoms with Gasteiger partial charge in [-0.3, -0.25) is 0 Å². The molecule has 0 saturated carbocycles. The normalized spacial score (nSPS) is 12.2. The third-order valence-electron chi connectivity index (χ3n) is 3.75. The standard InChI is InChI=1S/C19H15NO5/c1-2-22-19(21)16-17(13-8-9-14-15(10-13)24-11-23-14)25-18(20-16)12-6-4-3-5-7-12/h3-10H,2,11H2,1H3. The maximum Gasteiger partial charge on any atom is 0.361 e. The maximum atomic E-state index is 12.3. The van der Waals surface area contributed by atoms with Crippen molar-refractivity contribution in [1.82, 2.24) is 4.98 Å². The quantitative estimate of drug-likeness (QED) is 0.672. The molecule has 3 aromatic rings. The average Bonchev–Trinajstić information content (AvgIpc) is 3.29. The SMILES string of the molecule is CCOC(=O)c1nc(-c2ccccc2)oc1-c1ccc2c(c1)OCO2. The minimum Gasteiger partial charge on any atom is -0.461 e. The van der Waals surface area contributed by atoms with Gasteiger partial charge in [0.2, 0.25) is 12.7 Å². The van der Waals surface area contributed by atoms with Gasteiger partial charge in [-0.1, -0.05) is 18.2 Å². The molecule has 0 saturated heterocycles. The van der Waals surface area contributed by atoms with Crippen LogP contribution in [0.15, 0.2) is 52.9 Å². The summed E-state index contributed by atoms with van der Waals surface area (Å²) in [6, 6.07) is 14.7. The summed E-state index contributed by atoms with van der Waals surface area (Å²) in [4.78, 5) is 16.7. The summed E-state index contributed by atoms with van der Waals surface area (Å²) in [5.41, 5.74) is 1.58. The van der Waals surface area contributed by atoms with E-state index >= 15 is 0 Å². The molecule has 2 aromatic carbocycles. The monoisotopic (exact) mass is 337 g/mol. The summed E-state index contributed by atoms with van der Waals surface area (Å²) in [7, 11) is 0. The molecule has 0 radical (unpaired) electrons. The lowest BCUT2D eigenvalue weighted by Crippen LogP contribution is -2.06. The Bertz CT molecular complexity index is 917. The lowest BCUT2D eigenvalue weighted by Gasteiger charge is -2.02. The van der Waals surface area contributed by atoms with Crippen molar-refractivity contribution in [2.24, 2.45) is 0 Å². The Hall–Kier alpha value is -3.28. The van der Waals surface area contributed by atoms with E-state index in [9.17, 15) is 4.79 Å². The van der Waals surface area contributed by atoms with Gasteiger partial charge in [-0.25, -0.2) is 9.78 Å². The molecule has 1 aromatic heterocycles. The van der Waals surface area contributed by atoms with E-state index in [1.807, 2.05) is 30.3 Å². The van der Waals surface area contributed by atoms with E-state index in [4.69, 9.17) is 18.6 Å². The number of hydrogen-bond acceptors (Lipinski definition) is 6. The molecule has 1 aliphatic heterocycles. The van der Waals surface area contributed by atoms with E-state index in [0.717, 1.165) is 5.56 Å². The molecule has 6 heteroatoms. The predicted octanol–water partition coefficient (Wildman–Crippen LogP) is 3.91. The molecule has 0 unspecified atom stereocenters. The van der Waals surface area contributed by atoms with Crippen LogP contribution < -0.4 is 9.47 Å². The molecular formula is C19H15NO5. The molecule has 0 N–H and O–H groups in total. The minimum atomic E-state index is -0.527. The van der Waals surface area contributed by atoms with E-state index in [-0.39, 0.29) is 19.1 Å². The minimum absolute atomic E-state index is 0.138. The molecule has 126 valence electrons. The Morgan fingerprint density at radius 1 is 1.08 bits per heavy atom. The number of fused-ring (bicyclic) bond motifs is 1. The molecule has 0 fully saturated rings. The molecule has 2 heterocycles. The van der Waals surface area contributed by atoms with Gasteiger partial charge >= 0.3 is 5.97 Å². The van der Waals surface area contributed by atoms with Crippen molar-refractivity contribution in [2.75, 3.05) is 13.4 Å². The highest BCUT2D eigenvalue weighted by molar-refractivity contribution is 5.94. The van der Waals surface area contributed by atoms with Crippen LogP contribution in [0.25, 0.3) is 22.8 Å². The Labute approximate surface area is 144 Å². The van der Waals surface area contributed by atoms with E-state index in [0.29, 0.717) is 28.7 Å². The van der Waals surface area contributed by atoms with Gasteiger partial charge in [-0.2, -0.15) is 0 Å². The molecule has 0 amide bonds. The Balaban J connectivity index is 1.82. The molecule has 6 nitrogen and oxygen atoms in total. The lowest BCUT2D eigenvalue weighted by molar-refractivity contribution is 0.0520. The second-order valence-electron chi connectivity index (χ2n) is 5.35. The van der Waals surface area contributed by atoms with Gasteiger partial charge in [-0.15, -0.1) is 0 Å². The zero-order valence-corrected chi connectivity index (χ0v) is 13.5. The van der Waals surface area contributed by atoms with Crippen LogP contribution in [0, 0.1) is 0 Å². The van der Waals surface area contributed by atoms with E-state index < -0.39 is 5.97 Å². The van der Waals surface area contributed by atoms with Crippen molar-refractivity contribution >= 4 is 5.97 Å². The van der Waals surface area contributed by atoms with Crippen LogP contribution in [0.3, 0.4) is 0 Å². The van der Waals surface area contributed by atoms with E-state index in [1.54, 1.807) is 25.1 Å². The predicted molar refractivity (Wildman–Crippen MR) is 89.5 cm³/mol. The van der Waals surface area contributed by atoms with Crippen molar-refractivity contribution < 1.29 is 23.4 Å². The molecule has 0 atom stereocenters. The number of esters is 1. The summed E-state index contributed by atoms with van der Waals surface area (Å²) < 4.78 is 21.7.